The lowest BCUT2D eigenvalue weighted by atomic mass is 10.0. The highest BCUT2D eigenvalue weighted by Crippen LogP contribution is 2.29. The minimum absolute atomic E-state index is 0.0321. The molecule has 9 heteroatoms. The number of piperazine rings is 1. The zero-order valence-corrected chi connectivity index (χ0v) is 25.7. The lowest BCUT2D eigenvalue weighted by Crippen LogP contribution is -2.48. The molecule has 0 aliphatic carbocycles. The first-order chi connectivity index (χ1) is 20.8. The zero-order valence-electron chi connectivity index (χ0n) is 25.7. The first-order valence-electron chi connectivity index (χ1n) is 15.0. The molecule has 0 bridgehead atoms. The lowest BCUT2D eigenvalue weighted by molar-refractivity contribution is 0.228. The van der Waals surface area contributed by atoms with E-state index in [0.717, 1.165) is 101 Å². The van der Waals surface area contributed by atoms with Crippen molar-refractivity contribution in [2.24, 2.45) is 0 Å². The molecular formula is C34H40N8O. The second-order valence-corrected chi connectivity index (χ2v) is 11.7. The van der Waals surface area contributed by atoms with E-state index in [9.17, 15) is 0 Å². The summed E-state index contributed by atoms with van der Waals surface area (Å²) in [4.78, 5) is 25.9. The molecule has 0 spiro atoms. The lowest BCUT2D eigenvalue weighted by Gasteiger charge is -2.35. The molecule has 1 N–H and O–H groups in total. The fourth-order valence-corrected chi connectivity index (χ4v) is 5.54. The highest BCUT2D eigenvalue weighted by molar-refractivity contribution is 5.85. The van der Waals surface area contributed by atoms with Crippen molar-refractivity contribution in [2.45, 2.75) is 26.8 Å². The van der Waals surface area contributed by atoms with Crippen molar-refractivity contribution in [1.29, 1.82) is 0 Å². The van der Waals surface area contributed by atoms with Crippen molar-refractivity contribution in [3.05, 3.63) is 84.1 Å². The Morgan fingerprint density at radius 3 is 2.47 bits per heavy atom. The third-order valence-corrected chi connectivity index (χ3v) is 8.14. The van der Waals surface area contributed by atoms with E-state index in [0.29, 0.717) is 0 Å². The summed E-state index contributed by atoms with van der Waals surface area (Å²) in [6, 6.07) is 16.8. The molecule has 43 heavy (non-hydrogen) atoms. The van der Waals surface area contributed by atoms with Crippen molar-refractivity contribution in [2.75, 3.05) is 63.6 Å². The van der Waals surface area contributed by atoms with Crippen molar-refractivity contribution in [3.8, 4) is 22.4 Å². The molecule has 9 nitrogen and oxygen atoms in total. The molecule has 1 unspecified atom stereocenters. The predicted molar refractivity (Wildman–Crippen MR) is 173 cm³/mol. The van der Waals surface area contributed by atoms with Crippen LogP contribution in [-0.4, -0.2) is 83.1 Å². The van der Waals surface area contributed by atoms with E-state index in [1.54, 1.807) is 6.26 Å². The maximum Gasteiger partial charge on any atom is 0.225 e. The van der Waals surface area contributed by atoms with Gasteiger partial charge in [0.05, 0.1) is 12.0 Å². The summed E-state index contributed by atoms with van der Waals surface area (Å²) in [5.41, 5.74) is 7.17. The van der Waals surface area contributed by atoms with Crippen LogP contribution in [0, 0.1) is 13.8 Å². The van der Waals surface area contributed by atoms with Crippen LogP contribution in [0.15, 0.2) is 71.6 Å². The molecule has 0 amide bonds. The maximum absolute atomic E-state index is 5.62. The number of hydrogen-bond donors (Lipinski definition) is 1. The fourth-order valence-electron chi connectivity index (χ4n) is 5.54. The largest absolute Gasteiger partial charge is 0.464 e. The van der Waals surface area contributed by atoms with Gasteiger partial charge < -0.3 is 19.5 Å². The van der Waals surface area contributed by atoms with Crippen LogP contribution < -0.4 is 10.2 Å². The minimum atomic E-state index is 0.0321. The van der Waals surface area contributed by atoms with Gasteiger partial charge in [0.25, 0.3) is 0 Å². The molecule has 1 aliphatic rings. The topological polar surface area (TPSA) is 86.5 Å². The van der Waals surface area contributed by atoms with Crippen LogP contribution in [0.5, 0.6) is 0 Å². The fraction of sp³-hybridized carbons (Fsp3) is 0.353. The third-order valence-electron chi connectivity index (χ3n) is 8.14. The first-order valence-corrected chi connectivity index (χ1v) is 15.0. The summed E-state index contributed by atoms with van der Waals surface area (Å²) in [7, 11) is 4.25. The van der Waals surface area contributed by atoms with Gasteiger partial charge in [0.15, 0.2) is 0 Å². The molecule has 1 fully saturated rings. The Labute approximate surface area is 253 Å². The van der Waals surface area contributed by atoms with Crippen LogP contribution in [0.4, 0.5) is 11.8 Å². The van der Waals surface area contributed by atoms with Crippen LogP contribution in [-0.2, 0) is 0 Å². The summed E-state index contributed by atoms with van der Waals surface area (Å²) >= 11 is 0. The van der Waals surface area contributed by atoms with Crippen LogP contribution in [0.2, 0.25) is 0 Å². The average Bonchev–Trinajstić information content (AvgIpc) is 3.40. The quantitative estimate of drug-likeness (QED) is 0.233. The normalized spacial score (nSPS) is 14.9. The van der Waals surface area contributed by atoms with Gasteiger partial charge >= 0.3 is 0 Å². The van der Waals surface area contributed by atoms with E-state index in [4.69, 9.17) is 19.4 Å². The molecule has 1 aliphatic heterocycles. The Balaban J connectivity index is 1.13. The molecule has 3 aromatic heterocycles. The predicted octanol–water partition coefficient (Wildman–Crippen LogP) is 5.82. The van der Waals surface area contributed by atoms with E-state index in [1.807, 2.05) is 37.5 Å². The summed E-state index contributed by atoms with van der Waals surface area (Å²) in [6.07, 6.45) is 5.67. The van der Waals surface area contributed by atoms with Gasteiger partial charge in [0, 0.05) is 80.3 Å². The monoisotopic (exact) mass is 576 g/mol. The standard InChI is InChI=1S/C34H40N8O/c1-23-22-43-32-10-9-28(18-30(23)32)31-19-33(39-25(3)38-31)37-24(2)26-7-6-8-27(17-26)29-20-35-34(36-21-29)42-15-13-41(14-16-42)12-11-40(4)5/h6-10,17-22,24H,11-16H2,1-5H3,(H,37,38,39). The number of aryl methyl sites for hydroxylation is 2. The minimum Gasteiger partial charge on any atom is -0.464 e. The molecule has 5 aromatic rings. The number of rotatable bonds is 9. The molecule has 1 saturated heterocycles. The van der Waals surface area contributed by atoms with Gasteiger partial charge in [-0.1, -0.05) is 18.2 Å². The van der Waals surface area contributed by atoms with Gasteiger partial charge in [-0.15, -0.1) is 0 Å². The van der Waals surface area contributed by atoms with Crippen molar-refractivity contribution >= 4 is 22.7 Å². The smallest absolute Gasteiger partial charge is 0.225 e. The third kappa shape index (κ3) is 6.68. The molecule has 0 saturated carbocycles. The summed E-state index contributed by atoms with van der Waals surface area (Å²) in [5, 5.41) is 4.69. The molecule has 1 atom stereocenters. The number of likely N-dealkylation sites (N-methyl/N-ethyl adjacent to an activating group) is 1. The van der Waals surface area contributed by atoms with Crippen molar-refractivity contribution in [1.82, 2.24) is 29.7 Å². The van der Waals surface area contributed by atoms with Crippen LogP contribution in [0.25, 0.3) is 33.4 Å². The molecule has 6 rings (SSSR count). The van der Waals surface area contributed by atoms with Crippen LogP contribution in [0.1, 0.15) is 29.9 Å². The summed E-state index contributed by atoms with van der Waals surface area (Å²) in [6.45, 7) is 12.3. The number of furan rings is 1. The SMILES string of the molecule is Cc1nc(NC(C)c2cccc(-c3cnc(N4CCN(CCN(C)C)CC4)nc3)c2)cc(-c2ccc3occ(C)c3c2)n1. The summed E-state index contributed by atoms with van der Waals surface area (Å²) < 4.78 is 5.62. The zero-order chi connectivity index (χ0) is 29.9. The van der Waals surface area contributed by atoms with Gasteiger partial charge in [0.1, 0.15) is 17.2 Å². The van der Waals surface area contributed by atoms with E-state index < -0.39 is 0 Å². The average molecular weight is 577 g/mol. The molecule has 222 valence electrons. The molecular weight excluding hydrogens is 536 g/mol. The number of benzene rings is 2. The molecule has 4 heterocycles. The Morgan fingerprint density at radius 2 is 1.70 bits per heavy atom. The molecule has 0 radical (unpaired) electrons. The number of hydrogen-bond acceptors (Lipinski definition) is 9. The highest BCUT2D eigenvalue weighted by Gasteiger charge is 2.19. The molecule has 2 aromatic carbocycles. The Morgan fingerprint density at radius 1 is 0.907 bits per heavy atom. The van der Waals surface area contributed by atoms with Gasteiger partial charge in [-0.05, 0) is 75.8 Å². The second kappa shape index (κ2) is 12.5. The van der Waals surface area contributed by atoms with E-state index in [1.165, 1.54) is 0 Å². The number of aromatic nitrogens is 4. The second-order valence-electron chi connectivity index (χ2n) is 11.7. The Kier molecular flexibility index (Phi) is 8.35. The van der Waals surface area contributed by atoms with E-state index in [2.05, 4.69) is 83.3 Å². The van der Waals surface area contributed by atoms with Gasteiger partial charge in [-0.2, -0.15) is 0 Å². The van der Waals surface area contributed by atoms with E-state index in [-0.39, 0.29) is 6.04 Å². The maximum atomic E-state index is 5.62. The summed E-state index contributed by atoms with van der Waals surface area (Å²) in [5.74, 6) is 2.32. The highest BCUT2D eigenvalue weighted by atomic mass is 16.3. The first kappa shape index (κ1) is 28.8. The Bertz CT molecular complexity index is 1690. The van der Waals surface area contributed by atoms with Crippen LogP contribution >= 0.6 is 0 Å². The number of fused-ring (bicyclic) bond motifs is 1. The van der Waals surface area contributed by atoms with Gasteiger partial charge in [-0.3, -0.25) is 4.90 Å². The van der Waals surface area contributed by atoms with Gasteiger partial charge in [0.2, 0.25) is 5.95 Å². The number of nitrogens with one attached hydrogen (secondary N) is 1. The van der Waals surface area contributed by atoms with Crippen molar-refractivity contribution in [3.63, 3.8) is 0 Å². The number of anilines is 2. The van der Waals surface area contributed by atoms with Crippen molar-refractivity contribution < 1.29 is 4.42 Å². The Hall–Kier alpha value is -4.34. The van der Waals surface area contributed by atoms with E-state index >= 15 is 0 Å². The van der Waals surface area contributed by atoms with Gasteiger partial charge in [-0.25, -0.2) is 19.9 Å². The number of nitrogens with zero attached hydrogens (tertiary/aromatic N) is 7. The van der Waals surface area contributed by atoms with Crippen LogP contribution in [0.3, 0.4) is 0 Å².